The smallest absolute Gasteiger partial charge is 0.462 e. The molecule has 0 heterocycles. The first kappa shape index (κ1) is 88.1. The Labute approximate surface area is 549 Å². The van der Waals surface area contributed by atoms with Crippen molar-refractivity contribution in [2.24, 2.45) is 11.8 Å². The van der Waals surface area contributed by atoms with Crippen LogP contribution in [0.3, 0.4) is 0 Å². The van der Waals surface area contributed by atoms with Gasteiger partial charge in [0.05, 0.1) is 26.4 Å². The fraction of sp³-hybridized carbons (Fsp3) is 0.944. The van der Waals surface area contributed by atoms with Crippen molar-refractivity contribution in [2.45, 2.75) is 381 Å². The Morgan fingerprint density at radius 1 is 0.322 bits per heavy atom. The van der Waals surface area contributed by atoms with E-state index in [0.717, 1.165) is 102 Å². The second-order valence-corrected chi connectivity index (χ2v) is 29.3. The van der Waals surface area contributed by atoms with Crippen LogP contribution in [0.1, 0.15) is 363 Å². The Morgan fingerprint density at radius 3 is 0.844 bits per heavy atom. The molecule has 3 N–H and O–H groups in total. The van der Waals surface area contributed by atoms with Crippen molar-refractivity contribution in [3.63, 3.8) is 0 Å². The third-order valence-corrected chi connectivity index (χ3v) is 18.7. The number of hydrogen-bond acceptors (Lipinski definition) is 15. The van der Waals surface area contributed by atoms with E-state index in [2.05, 4.69) is 41.5 Å². The number of unbranched alkanes of at least 4 members (excludes halogenated alkanes) is 39. The molecule has 90 heavy (non-hydrogen) atoms. The normalized spacial score (nSPS) is 14.4. The van der Waals surface area contributed by atoms with Gasteiger partial charge in [0.25, 0.3) is 0 Å². The first-order valence-corrected chi connectivity index (χ1v) is 40.0. The van der Waals surface area contributed by atoms with E-state index in [-0.39, 0.29) is 25.7 Å². The predicted octanol–water partition coefficient (Wildman–Crippen LogP) is 20.4. The Hall–Kier alpha value is -1.94. The number of carbonyl (C=O) groups excluding carboxylic acids is 4. The molecule has 6 atom stereocenters. The zero-order valence-corrected chi connectivity index (χ0v) is 60.2. The molecule has 0 aliphatic heterocycles. The van der Waals surface area contributed by atoms with Crippen LogP contribution in [0, 0.1) is 11.8 Å². The molecule has 0 saturated carbocycles. The average Bonchev–Trinajstić information content (AvgIpc) is 3.38. The first-order chi connectivity index (χ1) is 43.4. The number of hydrogen-bond donors (Lipinski definition) is 3. The van der Waals surface area contributed by atoms with Crippen molar-refractivity contribution in [1.82, 2.24) is 0 Å². The number of aliphatic hydroxyl groups excluding tert-OH is 1. The van der Waals surface area contributed by atoms with Crippen LogP contribution < -0.4 is 0 Å². The first-order valence-electron chi connectivity index (χ1n) is 37.0. The lowest BCUT2D eigenvalue weighted by Crippen LogP contribution is -2.30. The van der Waals surface area contributed by atoms with E-state index in [1.807, 2.05) is 0 Å². The molecule has 19 heteroatoms. The summed E-state index contributed by atoms with van der Waals surface area (Å²) in [6.07, 6.45) is 48.5. The van der Waals surface area contributed by atoms with Crippen molar-refractivity contribution in [2.75, 3.05) is 39.6 Å². The van der Waals surface area contributed by atoms with Gasteiger partial charge in [0, 0.05) is 25.7 Å². The standard InChI is InChI=1S/C71H138O17P2/c1-7-10-12-14-16-18-20-21-22-23-24-25-26-28-37-43-49-55-70(75)87-66(60-82-69(74)54-48-42-36-32-30-34-40-46-52-64(6)9-3)61-85-89(77,78)83-57-65(72)58-84-90(79,80)86-62-67(59-81-68(73)53-47-41-35-27-19-17-15-13-11-8-2)88-71(76)56-50-44-38-31-29-33-39-45-51-63(4)5/h63-67,72H,7-62H2,1-6H3,(H,77,78)(H,79,80)/t64?,65-,66-,67-/m1/s1. The quantitative estimate of drug-likeness (QED) is 0.0222. The molecule has 0 aromatic rings. The third kappa shape index (κ3) is 63.5. The highest BCUT2D eigenvalue weighted by Crippen LogP contribution is 2.45. The molecule has 0 amide bonds. The van der Waals surface area contributed by atoms with Crippen LogP contribution in [0.4, 0.5) is 0 Å². The lowest BCUT2D eigenvalue weighted by atomic mass is 9.99. The Balaban J connectivity index is 5.24. The van der Waals surface area contributed by atoms with Crippen molar-refractivity contribution in [3.8, 4) is 0 Å². The van der Waals surface area contributed by atoms with Gasteiger partial charge < -0.3 is 33.8 Å². The molecule has 0 fully saturated rings. The fourth-order valence-electron chi connectivity index (χ4n) is 10.7. The molecule has 0 spiro atoms. The number of phosphoric acid groups is 2. The summed E-state index contributed by atoms with van der Waals surface area (Å²) in [5.74, 6) is -0.628. The molecule has 534 valence electrons. The molecular weight excluding hydrogens is 1190 g/mol. The SMILES string of the molecule is CCCCCCCCCCCCCCCCCCCC(=O)O[C@H](COC(=O)CCCCCCCCCCC(C)CC)COP(=O)(O)OC[C@@H](O)COP(=O)(O)OC[C@@H](COC(=O)CCCCCCCCCCCC)OC(=O)CCCCCCCCCCC(C)C. The minimum absolute atomic E-state index is 0.105. The summed E-state index contributed by atoms with van der Waals surface area (Å²) < 4.78 is 68.3. The van der Waals surface area contributed by atoms with Gasteiger partial charge in [0.15, 0.2) is 12.2 Å². The summed E-state index contributed by atoms with van der Waals surface area (Å²) in [7, 11) is -9.90. The van der Waals surface area contributed by atoms with E-state index in [0.29, 0.717) is 25.7 Å². The molecule has 17 nitrogen and oxygen atoms in total. The largest absolute Gasteiger partial charge is 0.472 e. The second-order valence-electron chi connectivity index (χ2n) is 26.3. The number of carbonyl (C=O) groups is 4. The summed E-state index contributed by atoms with van der Waals surface area (Å²) in [5.41, 5.74) is 0. The Bertz CT molecular complexity index is 1750. The molecule has 0 saturated heterocycles. The molecule has 3 unspecified atom stereocenters. The van der Waals surface area contributed by atoms with Crippen LogP contribution in [0.2, 0.25) is 0 Å². The van der Waals surface area contributed by atoms with E-state index < -0.39 is 97.5 Å². The van der Waals surface area contributed by atoms with Crippen molar-refractivity contribution < 1.29 is 80.2 Å². The zero-order valence-electron chi connectivity index (χ0n) is 58.4. The second kappa shape index (κ2) is 63.1. The van der Waals surface area contributed by atoms with Crippen molar-refractivity contribution in [3.05, 3.63) is 0 Å². The lowest BCUT2D eigenvalue weighted by Gasteiger charge is -2.21. The van der Waals surface area contributed by atoms with E-state index in [9.17, 15) is 43.2 Å². The number of phosphoric ester groups is 2. The molecular formula is C71H138O17P2. The predicted molar refractivity (Wildman–Crippen MR) is 363 cm³/mol. The molecule has 0 aliphatic rings. The summed E-state index contributed by atoms with van der Waals surface area (Å²) in [6.45, 7) is 9.51. The summed E-state index contributed by atoms with van der Waals surface area (Å²) >= 11 is 0. The Morgan fingerprint density at radius 2 is 0.567 bits per heavy atom. The molecule has 0 radical (unpaired) electrons. The number of ether oxygens (including phenoxy) is 4. The van der Waals surface area contributed by atoms with Crippen molar-refractivity contribution >= 4 is 39.5 Å². The van der Waals surface area contributed by atoms with Gasteiger partial charge in [-0.25, -0.2) is 9.13 Å². The van der Waals surface area contributed by atoms with Crippen LogP contribution in [0.15, 0.2) is 0 Å². The summed E-state index contributed by atoms with van der Waals surface area (Å²) in [4.78, 5) is 72.6. The number of esters is 4. The fourth-order valence-corrected chi connectivity index (χ4v) is 12.3. The van der Waals surface area contributed by atoms with Crippen LogP contribution in [-0.2, 0) is 65.4 Å². The molecule has 0 aromatic carbocycles. The van der Waals surface area contributed by atoms with Gasteiger partial charge in [-0.05, 0) is 37.5 Å². The summed E-state index contributed by atoms with van der Waals surface area (Å²) in [6, 6.07) is 0. The maximum atomic E-state index is 13.0. The van der Waals surface area contributed by atoms with Crippen molar-refractivity contribution in [1.29, 1.82) is 0 Å². The van der Waals surface area contributed by atoms with Gasteiger partial charge in [-0.1, -0.05) is 311 Å². The minimum atomic E-state index is -4.95. The maximum Gasteiger partial charge on any atom is 0.472 e. The van der Waals surface area contributed by atoms with E-state index in [1.165, 1.54) is 180 Å². The van der Waals surface area contributed by atoms with Crippen LogP contribution in [0.25, 0.3) is 0 Å². The molecule has 0 bridgehead atoms. The topological polar surface area (TPSA) is 237 Å². The van der Waals surface area contributed by atoms with Crippen LogP contribution in [-0.4, -0.2) is 96.7 Å². The highest BCUT2D eigenvalue weighted by atomic mass is 31.2. The maximum absolute atomic E-state index is 13.0. The molecule has 0 aliphatic carbocycles. The van der Waals surface area contributed by atoms with Gasteiger partial charge in [0.1, 0.15) is 19.3 Å². The zero-order chi connectivity index (χ0) is 66.5. The lowest BCUT2D eigenvalue weighted by molar-refractivity contribution is -0.161. The van der Waals surface area contributed by atoms with E-state index in [1.54, 1.807) is 0 Å². The molecule has 0 rings (SSSR count). The highest BCUT2D eigenvalue weighted by Gasteiger charge is 2.30. The number of aliphatic hydroxyl groups is 1. The summed E-state index contributed by atoms with van der Waals surface area (Å²) in [5, 5.41) is 10.6. The minimum Gasteiger partial charge on any atom is -0.462 e. The third-order valence-electron chi connectivity index (χ3n) is 16.8. The molecule has 0 aromatic heterocycles. The van der Waals surface area contributed by atoms with Gasteiger partial charge in [-0.15, -0.1) is 0 Å². The van der Waals surface area contributed by atoms with E-state index >= 15 is 0 Å². The van der Waals surface area contributed by atoms with E-state index in [4.69, 9.17) is 37.0 Å². The average molecular weight is 1330 g/mol. The van der Waals surface area contributed by atoms with Gasteiger partial charge in [-0.3, -0.25) is 37.3 Å². The number of rotatable bonds is 70. The Kier molecular flexibility index (Phi) is 61.8. The van der Waals surface area contributed by atoms with Crippen LogP contribution in [0.5, 0.6) is 0 Å². The van der Waals surface area contributed by atoms with Gasteiger partial charge in [-0.2, -0.15) is 0 Å². The monoisotopic (exact) mass is 1320 g/mol. The van der Waals surface area contributed by atoms with Crippen LogP contribution >= 0.6 is 15.6 Å². The van der Waals surface area contributed by atoms with Gasteiger partial charge >= 0.3 is 39.5 Å². The van der Waals surface area contributed by atoms with Gasteiger partial charge in [0.2, 0.25) is 0 Å². The highest BCUT2D eigenvalue weighted by molar-refractivity contribution is 7.47.